The Bertz CT molecular complexity index is 855. The van der Waals surface area contributed by atoms with Crippen molar-refractivity contribution in [3.05, 3.63) is 52.3 Å². The SMILES string of the molecule is N#Cc1cc(-c2cc(C(=O)N3CCCC3)ccc2F)c(O)cc1Cl. The highest BCUT2D eigenvalue weighted by atomic mass is 35.5. The summed E-state index contributed by atoms with van der Waals surface area (Å²) in [5, 5.41) is 19.2. The molecule has 4 nitrogen and oxygen atoms in total. The smallest absolute Gasteiger partial charge is 0.253 e. The predicted molar refractivity (Wildman–Crippen MR) is 88.4 cm³/mol. The molecule has 0 aliphatic carbocycles. The van der Waals surface area contributed by atoms with Crippen LogP contribution >= 0.6 is 11.6 Å². The maximum Gasteiger partial charge on any atom is 0.253 e. The summed E-state index contributed by atoms with van der Waals surface area (Å²) in [5.74, 6) is -0.999. The number of rotatable bonds is 2. The van der Waals surface area contributed by atoms with Crippen molar-refractivity contribution in [1.82, 2.24) is 4.90 Å². The number of hydrogen-bond acceptors (Lipinski definition) is 3. The van der Waals surface area contributed by atoms with Gasteiger partial charge < -0.3 is 10.0 Å². The van der Waals surface area contributed by atoms with Gasteiger partial charge in [-0.1, -0.05) is 11.6 Å². The van der Waals surface area contributed by atoms with E-state index in [1.807, 2.05) is 6.07 Å². The first-order valence-electron chi connectivity index (χ1n) is 7.53. The van der Waals surface area contributed by atoms with Gasteiger partial charge in [0.05, 0.1) is 10.6 Å². The van der Waals surface area contributed by atoms with Crippen LogP contribution in [0.15, 0.2) is 30.3 Å². The van der Waals surface area contributed by atoms with Crippen molar-refractivity contribution >= 4 is 17.5 Å². The van der Waals surface area contributed by atoms with Crippen LogP contribution in [-0.4, -0.2) is 29.0 Å². The van der Waals surface area contributed by atoms with E-state index in [-0.39, 0.29) is 33.4 Å². The fraction of sp³-hybridized carbons (Fsp3) is 0.222. The Labute approximate surface area is 143 Å². The minimum absolute atomic E-state index is 0.0608. The van der Waals surface area contributed by atoms with Gasteiger partial charge in [0.1, 0.15) is 17.6 Å². The molecule has 0 spiro atoms. The number of phenolic OH excluding ortho intramolecular Hbond substituents is 1. The molecule has 0 unspecified atom stereocenters. The highest BCUT2D eigenvalue weighted by Gasteiger charge is 2.21. The van der Waals surface area contributed by atoms with Crippen LogP contribution < -0.4 is 0 Å². The Hall–Kier alpha value is -2.58. The lowest BCUT2D eigenvalue weighted by atomic mass is 9.99. The van der Waals surface area contributed by atoms with Crippen molar-refractivity contribution in [3.63, 3.8) is 0 Å². The quantitative estimate of drug-likeness (QED) is 0.896. The molecule has 24 heavy (non-hydrogen) atoms. The molecular weight excluding hydrogens is 331 g/mol. The summed E-state index contributed by atoms with van der Waals surface area (Å²) in [6.45, 7) is 1.38. The number of phenols is 1. The van der Waals surface area contributed by atoms with Crippen molar-refractivity contribution in [2.24, 2.45) is 0 Å². The third-order valence-corrected chi connectivity index (χ3v) is 4.42. The number of halogens is 2. The van der Waals surface area contributed by atoms with Gasteiger partial charge in [-0.15, -0.1) is 0 Å². The molecule has 122 valence electrons. The minimum atomic E-state index is -0.588. The van der Waals surface area contributed by atoms with Crippen LogP contribution in [0.1, 0.15) is 28.8 Å². The zero-order chi connectivity index (χ0) is 17.3. The lowest BCUT2D eigenvalue weighted by Crippen LogP contribution is -2.27. The molecule has 1 amide bonds. The fourth-order valence-electron chi connectivity index (χ4n) is 2.83. The average molecular weight is 345 g/mol. The minimum Gasteiger partial charge on any atom is -0.507 e. The molecule has 0 radical (unpaired) electrons. The molecule has 1 saturated heterocycles. The van der Waals surface area contributed by atoms with Gasteiger partial charge in [-0.05, 0) is 37.1 Å². The summed E-state index contributed by atoms with van der Waals surface area (Å²) in [7, 11) is 0. The number of nitriles is 1. The first-order valence-corrected chi connectivity index (χ1v) is 7.91. The van der Waals surface area contributed by atoms with E-state index in [9.17, 15) is 14.3 Å². The van der Waals surface area contributed by atoms with Crippen molar-refractivity contribution in [2.75, 3.05) is 13.1 Å². The third-order valence-electron chi connectivity index (χ3n) is 4.10. The second-order valence-corrected chi connectivity index (χ2v) is 6.06. The van der Waals surface area contributed by atoms with Gasteiger partial charge in [-0.2, -0.15) is 5.26 Å². The Balaban J connectivity index is 2.07. The molecule has 2 aromatic rings. The van der Waals surface area contributed by atoms with Crippen molar-refractivity contribution in [2.45, 2.75) is 12.8 Å². The van der Waals surface area contributed by atoms with E-state index in [0.717, 1.165) is 12.8 Å². The van der Waals surface area contributed by atoms with Crippen LogP contribution in [0.5, 0.6) is 5.75 Å². The monoisotopic (exact) mass is 344 g/mol. The van der Waals surface area contributed by atoms with Gasteiger partial charge in [0.15, 0.2) is 0 Å². The summed E-state index contributed by atoms with van der Waals surface area (Å²) in [6, 6.07) is 8.44. The lowest BCUT2D eigenvalue weighted by Gasteiger charge is -2.16. The molecule has 6 heteroatoms. The number of likely N-dealkylation sites (tertiary alicyclic amines) is 1. The first-order chi connectivity index (χ1) is 11.5. The number of carbonyl (C=O) groups is 1. The molecule has 1 aliphatic heterocycles. The number of nitrogens with zero attached hydrogens (tertiary/aromatic N) is 2. The summed E-state index contributed by atoms with van der Waals surface area (Å²) >= 11 is 5.86. The van der Waals surface area contributed by atoms with Crippen molar-refractivity contribution < 1.29 is 14.3 Å². The molecule has 1 N–H and O–H groups in total. The highest BCUT2D eigenvalue weighted by molar-refractivity contribution is 6.32. The normalized spacial score (nSPS) is 13.8. The summed E-state index contributed by atoms with van der Waals surface area (Å²) in [4.78, 5) is 14.2. The van der Waals surface area contributed by atoms with Crippen molar-refractivity contribution in [1.29, 1.82) is 5.26 Å². The molecule has 0 bridgehead atoms. The van der Waals surface area contributed by atoms with E-state index in [0.29, 0.717) is 18.7 Å². The van der Waals surface area contributed by atoms with E-state index in [2.05, 4.69) is 0 Å². The van der Waals surface area contributed by atoms with Gasteiger partial charge in [0.2, 0.25) is 0 Å². The Morgan fingerprint density at radius 1 is 1.21 bits per heavy atom. The summed E-state index contributed by atoms with van der Waals surface area (Å²) in [6.07, 6.45) is 1.92. The molecule has 2 aromatic carbocycles. The summed E-state index contributed by atoms with van der Waals surface area (Å²) in [5.41, 5.74) is 0.663. The maximum absolute atomic E-state index is 14.3. The number of amides is 1. The highest BCUT2D eigenvalue weighted by Crippen LogP contribution is 2.36. The second kappa shape index (κ2) is 6.50. The van der Waals surface area contributed by atoms with Crippen LogP contribution in [0.25, 0.3) is 11.1 Å². The zero-order valence-corrected chi connectivity index (χ0v) is 13.5. The topological polar surface area (TPSA) is 64.3 Å². The van der Waals surface area contributed by atoms with E-state index < -0.39 is 5.82 Å². The van der Waals surface area contributed by atoms with Gasteiger partial charge in [0.25, 0.3) is 5.91 Å². The number of aromatic hydroxyl groups is 1. The van der Waals surface area contributed by atoms with Gasteiger partial charge in [-0.25, -0.2) is 4.39 Å². The van der Waals surface area contributed by atoms with E-state index in [4.69, 9.17) is 16.9 Å². The Kier molecular flexibility index (Phi) is 4.41. The maximum atomic E-state index is 14.3. The Morgan fingerprint density at radius 2 is 1.92 bits per heavy atom. The van der Waals surface area contributed by atoms with Crippen LogP contribution in [0.3, 0.4) is 0 Å². The van der Waals surface area contributed by atoms with E-state index in [1.54, 1.807) is 4.90 Å². The largest absolute Gasteiger partial charge is 0.507 e. The fourth-order valence-corrected chi connectivity index (χ4v) is 3.03. The number of hydrogen-bond donors (Lipinski definition) is 1. The third kappa shape index (κ3) is 2.93. The average Bonchev–Trinajstić information content (AvgIpc) is 3.10. The van der Waals surface area contributed by atoms with Crippen LogP contribution in [0, 0.1) is 17.1 Å². The lowest BCUT2D eigenvalue weighted by molar-refractivity contribution is 0.0793. The molecule has 3 rings (SSSR count). The molecule has 1 heterocycles. The van der Waals surface area contributed by atoms with Crippen LogP contribution in [0.4, 0.5) is 4.39 Å². The molecule has 0 aromatic heterocycles. The van der Waals surface area contributed by atoms with E-state index >= 15 is 0 Å². The zero-order valence-electron chi connectivity index (χ0n) is 12.7. The molecular formula is C18H14ClFN2O2. The Morgan fingerprint density at radius 3 is 2.58 bits per heavy atom. The standard InChI is InChI=1S/C18H14ClFN2O2/c19-15-9-17(23)14(8-12(15)10-21)13-7-11(3-4-16(13)20)18(24)22-5-1-2-6-22/h3-4,7-9,23H,1-2,5-6H2. The first kappa shape index (κ1) is 16.3. The molecule has 0 atom stereocenters. The van der Waals surface area contributed by atoms with Crippen LogP contribution in [-0.2, 0) is 0 Å². The predicted octanol–water partition coefficient (Wildman–Crippen LogP) is 3.96. The summed E-state index contributed by atoms with van der Waals surface area (Å²) < 4.78 is 14.3. The number of benzene rings is 2. The van der Waals surface area contributed by atoms with Crippen LogP contribution in [0.2, 0.25) is 5.02 Å². The molecule has 0 saturated carbocycles. The van der Waals surface area contributed by atoms with E-state index in [1.165, 1.54) is 30.3 Å². The second-order valence-electron chi connectivity index (χ2n) is 5.65. The molecule has 1 fully saturated rings. The molecule has 1 aliphatic rings. The van der Waals surface area contributed by atoms with Gasteiger partial charge >= 0.3 is 0 Å². The van der Waals surface area contributed by atoms with Crippen molar-refractivity contribution in [3.8, 4) is 22.9 Å². The van der Waals surface area contributed by atoms with Gasteiger partial charge in [-0.3, -0.25) is 4.79 Å². The number of carbonyl (C=O) groups excluding carboxylic acids is 1. The van der Waals surface area contributed by atoms with Gasteiger partial charge in [0, 0.05) is 35.8 Å².